The fourth-order valence-electron chi connectivity index (χ4n) is 11.6. The summed E-state index contributed by atoms with van der Waals surface area (Å²) in [7, 11) is 0. The van der Waals surface area contributed by atoms with Crippen LogP contribution in [0, 0.1) is 52.3 Å². The lowest BCUT2D eigenvalue weighted by molar-refractivity contribution is -0.273. The first-order valence-electron chi connectivity index (χ1n) is 17.4. The SMILES string of the molecule is C[C@@H]1CC[C@@]2(OC1)O[C@H]1C[C@H]3[C@@H]4CC[C@H]5CC(NC(=O)CC(=O)NCc6cccnc6)CC[C@]5(C)[C@H]4CC[C@]3(C)C1[C@@H]2C. The van der Waals surface area contributed by atoms with Crippen LogP contribution in [0.1, 0.15) is 104 Å². The summed E-state index contributed by atoms with van der Waals surface area (Å²) in [6.45, 7) is 11.2. The summed E-state index contributed by atoms with van der Waals surface area (Å²) in [6.07, 6.45) is 15.7. The molecule has 2 aliphatic heterocycles. The Bertz CT molecular complexity index is 1200. The van der Waals surface area contributed by atoms with Gasteiger partial charge in [-0.05, 0) is 116 Å². The van der Waals surface area contributed by atoms with Gasteiger partial charge in [-0.15, -0.1) is 0 Å². The van der Waals surface area contributed by atoms with Crippen LogP contribution < -0.4 is 10.6 Å². The molecule has 0 bridgehead atoms. The smallest absolute Gasteiger partial charge is 0.229 e. The summed E-state index contributed by atoms with van der Waals surface area (Å²) in [5, 5.41) is 6.09. The van der Waals surface area contributed by atoms with E-state index in [4.69, 9.17) is 9.47 Å². The second-order valence-corrected chi connectivity index (χ2v) is 16.0. The van der Waals surface area contributed by atoms with Crippen molar-refractivity contribution in [3.8, 4) is 0 Å². The van der Waals surface area contributed by atoms with Crippen LogP contribution in [-0.2, 0) is 25.6 Å². The van der Waals surface area contributed by atoms with Gasteiger partial charge < -0.3 is 20.1 Å². The monoisotopic (exact) mass is 591 g/mol. The van der Waals surface area contributed by atoms with Gasteiger partial charge in [0.15, 0.2) is 5.79 Å². The maximum absolute atomic E-state index is 12.8. The number of aromatic nitrogens is 1. The minimum Gasteiger partial charge on any atom is -0.353 e. The van der Waals surface area contributed by atoms with Crippen molar-refractivity contribution >= 4 is 11.8 Å². The average Bonchev–Trinajstić information content (AvgIpc) is 3.44. The highest BCUT2D eigenvalue weighted by Gasteiger charge is 2.69. The molecule has 7 heteroatoms. The number of nitrogens with zero attached hydrogens (tertiary/aromatic N) is 1. The van der Waals surface area contributed by atoms with Crippen molar-refractivity contribution in [2.24, 2.45) is 52.3 Å². The Morgan fingerprint density at radius 3 is 2.58 bits per heavy atom. The second kappa shape index (κ2) is 11.1. The molecule has 1 aromatic heterocycles. The van der Waals surface area contributed by atoms with E-state index < -0.39 is 0 Å². The van der Waals surface area contributed by atoms with Gasteiger partial charge in [-0.3, -0.25) is 14.6 Å². The highest BCUT2D eigenvalue weighted by molar-refractivity contribution is 5.96. The lowest BCUT2D eigenvalue weighted by atomic mass is 9.44. The number of ether oxygens (including phenoxy) is 2. The van der Waals surface area contributed by atoms with Crippen LogP contribution in [0.4, 0.5) is 0 Å². The lowest BCUT2D eigenvalue weighted by Gasteiger charge is -2.61. The van der Waals surface area contributed by atoms with Crippen LogP contribution in [0.3, 0.4) is 0 Å². The predicted molar refractivity (Wildman–Crippen MR) is 164 cm³/mol. The minimum atomic E-state index is -0.334. The van der Waals surface area contributed by atoms with E-state index in [9.17, 15) is 9.59 Å². The highest BCUT2D eigenvalue weighted by Crippen LogP contribution is 2.71. The van der Waals surface area contributed by atoms with Crippen LogP contribution in [0.5, 0.6) is 0 Å². The molecular weight excluding hydrogens is 538 g/mol. The van der Waals surface area contributed by atoms with E-state index in [2.05, 4.69) is 43.3 Å². The molecule has 43 heavy (non-hydrogen) atoms. The summed E-state index contributed by atoms with van der Waals surface area (Å²) in [4.78, 5) is 29.3. The van der Waals surface area contributed by atoms with Gasteiger partial charge in [-0.1, -0.05) is 33.8 Å². The van der Waals surface area contributed by atoms with Crippen LogP contribution in [0.2, 0.25) is 0 Å². The van der Waals surface area contributed by atoms with E-state index in [0.717, 1.165) is 49.2 Å². The Labute approximate surface area is 258 Å². The third-order valence-electron chi connectivity index (χ3n) is 13.8. The van der Waals surface area contributed by atoms with E-state index in [1.807, 2.05) is 12.1 Å². The fourth-order valence-corrected chi connectivity index (χ4v) is 11.6. The standard InChI is InChI=1S/C36H53N3O4/c1-22-9-14-36(42-21-22)23(2)33-30(43-36)17-29-27-8-7-25-16-26(10-12-34(25,3)28(27)11-13-35(29,33)4)39-32(41)18-31(40)38-20-24-6-5-15-37-19-24/h5-6,15,19,22-23,25-30,33H,7-14,16-18,20-21H2,1-4H3,(H,38,40)(H,39,41)/t22-,23+,25+,26?,27-,28+,29+,30+,33?,34+,35+,36-/m1/s1. The highest BCUT2D eigenvalue weighted by atomic mass is 16.7. The molecule has 7 rings (SSSR count). The molecule has 6 fully saturated rings. The van der Waals surface area contributed by atoms with Crippen LogP contribution in [0.25, 0.3) is 0 Å². The van der Waals surface area contributed by atoms with Crippen molar-refractivity contribution in [1.29, 1.82) is 0 Å². The molecule has 3 heterocycles. The van der Waals surface area contributed by atoms with Crippen molar-refractivity contribution in [3.63, 3.8) is 0 Å². The van der Waals surface area contributed by atoms with E-state index in [-0.39, 0.29) is 30.1 Å². The summed E-state index contributed by atoms with van der Waals surface area (Å²) < 4.78 is 13.5. The molecule has 6 aliphatic rings. The van der Waals surface area contributed by atoms with E-state index in [1.165, 1.54) is 44.9 Å². The maximum atomic E-state index is 12.8. The normalized spacial score (nSPS) is 46.7. The number of carbonyl (C=O) groups excluding carboxylic acids is 2. The molecule has 2 amide bonds. The molecule has 4 saturated carbocycles. The number of amides is 2. The van der Waals surface area contributed by atoms with Gasteiger partial charge in [0.05, 0.1) is 12.7 Å². The average molecular weight is 592 g/mol. The van der Waals surface area contributed by atoms with E-state index in [1.54, 1.807) is 12.4 Å². The van der Waals surface area contributed by atoms with Crippen LogP contribution in [-0.4, -0.2) is 41.3 Å². The number of pyridine rings is 1. The minimum absolute atomic E-state index is 0.113. The van der Waals surface area contributed by atoms with Gasteiger partial charge >= 0.3 is 0 Å². The molecular formula is C36H53N3O4. The molecule has 236 valence electrons. The summed E-state index contributed by atoms with van der Waals surface area (Å²) in [5.41, 5.74) is 1.63. The van der Waals surface area contributed by atoms with Crippen molar-refractivity contribution in [1.82, 2.24) is 15.6 Å². The Balaban J connectivity index is 0.952. The summed E-state index contributed by atoms with van der Waals surface area (Å²) in [5.74, 6) is 3.97. The number of rotatable bonds is 5. The van der Waals surface area contributed by atoms with Gasteiger partial charge in [0.25, 0.3) is 0 Å². The largest absolute Gasteiger partial charge is 0.353 e. The van der Waals surface area contributed by atoms with Gasteiger partial charge in [0.1, 0.15) is 6.42 Å². The molecule has 2 N–H and O–H groups in total. The summed E-state index contributed by atoms with van der Waals surface area (Å²) in [6, 6.07) is 3.94. The van der Waals surface area contributed by atoms with Crippen LogP contribution >= 0.6 is 0 Å². The maximum Gasteiger partial charge on any atom is 0.229 e. The third-order valence-corrected chi connectivity index (χ3v) is 13.8. The van der Waals surface area contributed by atoms with Crippen LogP contribution in [0.15, 0.2) is 24.5 Å². The molecule has 4 aliphatic carbocycles. The number of carbonyl (C=O) groups is 2. The van der Waals surface area contributed by atoms with Crippen molar-refractivity contribution in [3.05, 3.63) is 30.1 Å². The molecule has 0 aromatic carbocycles. The topological polar surface area (TPSA) is 89.5 Å². The van der Waals surface area contributed by atoms with Crippen molar-refractivity contribution < 1.29 is 19.1 Å². The zero-order chi connectivity index (χ0) is 30.0. The van der Waals surface area contributed by atoms with Crippen molar-refractivity contribution in [2.45, 2.75) is 123 Å². The molecule has 12 atom stereocenters. The van der Waals surface area contributed by atoms with E-state index >= 15 is 0 Å². The number of hydrogen-bond acceptors (Lipinski definition) is 5. The second-order valence-electron chi connectivity index (χ2n) is 16.0. The third kappa shape index (κ3) is 5.05. The van der Waals surface area contributed by atoms with Gasteiger partial charge in [-0.2, -0.15) is 0 Å². The lowest BCUT2D eigenvalue weighted by Crippen LogP contribution is -2.56. The zero-order valence-electron chi connectivity index (χ0n) is 26.8. The first-order valence-corrected chi connectivity index (χ1v) is 17.4. The Kier molecular flexibility index (Phi) is 7.68. The molecule has 2 unspecified atom stereocenters. The quantitative estimate of drug-likeness (QED) is 0.409. The van der Waals surface area contributed by atoms with Crippen molar-refractivity contribution in [2.75, 3.05) is 6.61 Å². The number of hydrogen-bond donors (Lipinski definition) is 2. The zero-order valence-corrected chi connectivity index (χ0v) is 26.8. The summed E-state index contributed by atoms with van der Waals surface area (Å²) >= 11 is 0. The van der Waals surface area contributed by atoms with Gasteiger partial charge in [0.2, 0.25) is 11.8 Å². The Morgan fingerprint density at radius 1 is 0.977 bits per heavy atom. The Morgan fingerprint density at radius 2 is 1.81 bits per heavy atom. The molecule has 2 saturated heterocycles. The van der Waals surface area contributed by atoms with Gasteiger partial charge in [-0.25, -0.2) is 0 Å². The number of nitrogens with one attached hydrogen (secondary N) is 2. The molecule has 0 radical (unpaired) electrons. The van der Waals surface area contributed by atoms with E-state index in [0.29, 0.717) is 47.2 Å². The fraction of sp³-hybridized carbons (Fsp3) is 0.806. The first-order chi connectivity index (χ1) is 20.6. The molecule has 7 nitrogen and oxygen atoms in total. The number of fused-ring (bicyclic) bond motifs is 7. The van der Waals surface area contributed by atoms with Gasteiger partial charge in [0, 0.05) is 37.3 Å². The first kappa shape index (κ1) is 29.7. The molecule has 1 aromatic rings. The Hall–Kier alpha value is -1.99. The molecule has 1 spiro atoms. The predicted octanol–water partition coefficient (Wildman–Crippen LogP) is 6.02.